The second-order valence-electron chi connectivity index (χ2n) is 5.32. The number of rotatable bonds is 6. The molecule has 0 aromatic heterocycles. The highest BCUT2D eigenvalue weighted by molar-refractivity contribution is 5.80. The van der Waals surface area contributed by atoms with E-state index in [2.05, 4.69) is 10.2 Å². The van der Waals surface area contributed by atoms with E-state index in [0.717, 1.165) is 44.2 Å². The molecule has 0 spiro atoms. The van der Waals surface area contributed by atoms with Crippen LogP contribution in [0.25, 0.3) is 0 Å². The molecule has 1 saturated heterocycles. The van der Waals surface area contributed by atoms with Gasteiger partial charge in [0.15, 0.2) is 6.10 Å². The van der Waals surface area contributed by atoms with Gasteiger partial charge in [-0.25, -0.2) is 0 Å². The summed E-state index contributed by atoms with van der Waals surface area (Å²) in [6.07, 6.45) is -0.489. The number of amides is 1. The van der Waals surface area contributed by atoms with Gasteiger partial charge in [0.25, 0.3) is 5.91 Å². The van der Waals surface area contributed by atoms with E-state index in [0.29, 0.717) is 6.54 Å². The molecule has 1 atom stereocenters. The van der Waals surface area contributed by atoms with Crippen LogP contribution in [0.1, 0.15) is 12.5 Å². The molecule has 0 bridgehead atoms. The third-order valence-electron chi connectivity index (χ3n) is 3.50. The highest BCUT2D eigenvalue weighted by Gasteiger charge is 2.15. The monoisotopic (exact) mass is 292 g/mol. The summed E-state index contributed by atoms with van der Waals surface area (Å²) in [7, 11) is 0. The predicted octanol–water partition coefficient (Wildman–Crippen LogP) is 1.21. The zero-order valence-electron chi connectivity index (χ0n) is 12.8. The quantitative estimate of drug-likeness (QED) is 0.856. The molecule has 1 fully saturated rings. The molecule has 1 N–H and O–H groups in total. The van der Waals surface area contributed by atoms with E-state index in [4.69, 9.17) is 9.47 Å². The van der Waals surface area contributed by atoms with Gasteiger partial charge in [0.05, 0.1) is 13.2 Å². The number of nitrogens with zero attached hydrogens (tertiary/aromatic N) is 1. The van der Waals surface area contributed by atoms with Crippen molar-refractivity contribution in [1.82, 2.24) is 10.2 Å². The zero-order valence-corrected chi connectivity index (χ0v) is 12.8. The van der Waals surface area contributed by atoms with Gasteiger partial charge in [-0.3, -0.25) is 9.69 Å². The fourth-order valence-electron chi connectivity index (χ4n) is 2.25. The smallest absolute Gasteiger partial charge is 0.260 e. The fourth-order valence-corrected chi connectivity index (χ4v) is 2.25. The Morgan fingerprint density at radius 3 is 2.90 bits per heavy atom. The number of morpholine rings is 1. The normalized spacial score (nSPS) is 17.2. The number of aryl methyl sites for hydroxylation is 1. The Bertz CT molecular complexity index is 459. The standard InChI is InChI=1S/C16H24N2O3/c1-13-4-3-5-15(12-13)21-14(2)16(19)17-6-7-18-8-10-20-11-9-18/h3-5,12,14H,6-11H2,1-2H3,(H,17,19). The van der Waals surface area contributed by atoms with Gasteiger partial charge in [0.1, 0.15) is 5.75 Å². The number of carbonyl (C=O) groups excluding carboxylic acids is 1. The summed E-state index contributed by atoms with van der Waals surface area (Å²) in [4.78, 5) is 14.3. The molecule has 5 nitrogen and oxygen atoms in total. The number of carbonyl (C=O) groups is 1. The minimum absolute atomic E-state index is 0.0789. The molecule has 1 aromatic carbocycles. The second kappa shape index (κ2) is 8.00. The van der Waals surface area contributed by atoms with Gasteiger partial charge in [0, 0.05) is 26.2 Å². The summed E-state index contributed by atoms with van der Waals surface area (Å²) >= 11 is 0. The first kappa shape index (κ1) is 15.8. The summed E-state index contributed by atoms with van der Waals surface area (Å²) in [6, 6.07) is 7.72. The van der Waals surface area contributed by atoms with Crippen molar-refractivity contribution in [2.24, 2.45) is 0 Å². The highest BCUT2D eigenvalue weighted by atomic mass is 16.5. The predicted molar refractivity (Wildman–Crippen MR) is 81.5 cm³/mol. The Labute approximate surface area is 126 Å². The van der Waals surface area contributed by atoms with Crippen LogP contribution in [0.4, 0.5) is 0 Å². The molecule has 0 saturated carbocycles. The molecule has 21 heavy (non-hydrogen) atoms. The van der Waals surface area contributed by atoms with Gasteiger partial charge < -0.3 is 14.8 Å². The van der Waals surface area contributed by atoms with Crippen LogP contribution in [0.3, 0.4) is 0 Å². The Kier molecular flexibility index (Phi) is 6.02. The largest absolute Gasteiger partial charge is 0.481 e. The Morgan fingerprint density at radius 1 is 1.43 bits per heavy atom. The average Bonchev–Trinajstić information content (AvgIpc) is 2.48. The maximum Gasteiger partial charge on any atom is 0.260 e. The molecule has 2 rings (SSSR count). The minimum Gasteiger partial charge on any atom is -0.481 e. The van der Waals surface area contributed by atoms with Gasteiger partial charge in [-0.15, -0.1) is 0 Å². The first-order valence-corrected chi connectivity index (χ1v) is 7.46. The van der Waals surface area contributed by atoms with Crippen molar-refractivity contribution in [3.8, 4) is 5.75 Å². The maximum atomic E-state index is 12.0. The molecular formula is C16H24N2O3. The van der Waals surface area contributed by atoms with E-state index < -0.39 is 6.10 Å². The Hall–Kier alpha value is -1.59. The number of benzene rings is 1. The molecule has 0 radical (unpaired) electrons. The summed E-state index contributed by atoms with van der Waals surface area (Å²) in [5, 5.41) is 2.92. The van der Waals surface area contributed by atoms with E-state index in [1.165, 1.54) is 0 Å². The third-order valence-corrected chi connectivity index (χ3v) is 3.50. The average molecular weight is 292 g/mol. The van der Waals surface area contributed by atoms with Crippen molar-refractivity contribution in [2.45, 2.75) is 20.0 Å². The van der Waals surface area contributed by atoms with Crippen LogP contribution in [-0.2, 0) is 9.53 Å². The van der Waals surface area contributed by atoms with E-state index in [1.807, 2.05) is 31.2 Å². The molecule has 1 amide bonds. The minimum atomic E-state index is -0.489. The van der Waals surface area contributed by atoms with E-state index in [1.54, 1.807) is 6.92 Å². The SMILES string of the molecule is Cc1cccc(OC(C)C(=O)NCCN2CCOCC2)c1. The van der Waals surface area contributed by atoms with Crippen LogP contribution in [0.15, 0.2) is 24.3 Å². The van der Waals surface area contributed by atoms with E-state index in [-0.39, 0.29) is 5.91 Å². The lowest BCUT2D eigenvalue weighted by Crippen LogP contribution is -2.43. The molecule has 1 heterocycles. The lowest BCUT2D eigenvalue weighted by molar-refractivity contribution is -0.127. The molecule has 116 valence electrons. The van der Waals surface area contributed by atoms with E-state index in [9.17, 15) is 4.79 Å². The number of hydrogen-bond acceptors (Lipinski definition) is 4. The lowest BCUT2D eigenvalue weighted by Gasteiger charge is -2.26. The van der Waals surface area contributed by atoms with Crippen LogP contribution in [0.2, 0.25) is 0 Å². The topological polar surface area (TPSA) is 50.8 Å². The second-order valence-corrected chi connectivity index (χ2v) is 5.32. The first-order valence-electron chi connectivity index (χ1n) is 7.46. The summed E-state index contributed by atoms with van der Waals surface area (Å²) in [5.41, 5.74) is 1.12. The summed E-state index contributed by atoms with van der Waals surface area (Å²) < 4.78 is 10.9. The van der Waals surface area contributed by atoms with Gasteiger partial charge in [-0.05, 0) is 31.5 Å². The van der Waals surface area contributed by atoms with Crippen molar-refractivity contribution in [1.29, 1.82) is 0 Å². The lowest BCUT2D eigenvalue weighted by atomic mass is 10.2. The van der Waals surface area contributed by atoms with Crippen LogP contribution >= 0.6 is 0 Å². The molecule has 1 aliphatic heterocycles. The van der Waals surface area contributed by atoms with Crippen LogP contribution in [0, 0.1) is 6.92 Å². The van der Waals surface area contributed by atoms with Crippen LogP contribution in [-0.4, -0.2) is 56.3 Å². The number of hydrogen-bond donors (Lipinski definition) is 1. The first-order chi connectivity index (χ1) is 10.1. The maximum absolute atomic E-state index is 12.0. The van der Waals surface area contributed by atoms with E-state index >= 15 is 0 Å². The van der Waals surface area contributed by atoms with Gasteiger partial charge in [0.2, 0.25) is 0 Å². The van der Waals surface area contributed by atoms with Crippen LogP contribution in [0.5, 0.6) is 5.75 Å². The molecule has 1 unspecified atom stereocenters. The third kappa shape index (κ3) is 5.36. The van der Waals surface area contributed by atoms with Crippen molar-refractivity contribution in [2.75, 3.05) is 39.4 Å². The molecule has 1 aliphatic rings. The van der Waals surface area contributed by atoms with Gasteiger partial charge in [-0.1, -0.05) is 12.1 Å². The molecule has 5 heteroatoms. The summed E-state index contributed by atoms with van der Waals surface area (Å²) in [6.45, 7) is 8.69. The summed E-state index contributed by atoms with van der Waals surface area (Å²) in [5.74, 6) is 0.649. The van der Waals surface area contributed by atoms with Crippen molar-refractivity contribution < 1.29 is 14.3 Å². The van der Waals surface area contributed by atoms with Gasteiger partial charge in [-0.2, -0.15) is 0 Å². The fraction of sp³-hybridized carbons (Fsp3) is 0.562. The molecule has 1 aromatic rings. The number of nitrogens with one attached hydrogen (secondary N) is 1. The zero-order chi connectivity index (χ0) is 15.1. The van der Waals surface area contributed by atoms with Crippen molar-refractivity contribution in [3.63, 3.8) is 0 Å². The highest BCUT2D eigenvalue weighted by Crippen LogP contribution is 2.14. The Balaban J connectivity index is 1.69. The molecule has 0 aliphatic carbocycles. The molecular weight excluding hydrogens is 268 g/mol. The number of ether oxygens (including phenoxy) is 2. The van der Waals surface area contributed by atoms with Crippen LogP contribution < -0.4 is 10.1 Å². The van der Waals surface area contributed by atoms with Crippen molar-refractivity contribution >= 4 is 5.91 Å². The Morgan fingerprint density at radius 2 is 2.19 bits per heavy atom. The van der Waals surface area contributed by atoms with Gasteiger partial charge >= 0.3 is 0 Å². The van der Waals surface area contributed by atoms with Crippen molar-refractivity contribution in [3.05, 3.63) is 29.8 Å².